The van der Waals surface area contributed by atoms with Crippen molar-refractivity contribution in [1.29, 1.82) is 0 Å². The van der Waals surface area contributed by atoms with Crippen LogP contribution >= 0.6 is 0 Å². The fraction of sp³-hybridized carbons (Fsp3) is 0.400. The second-order valence-electron chi connectivity index (χ2n) is 6.25. The maximum atomic E-state index is 12.1. The van der Waals surface area contributed by atoms with Crippen molar-refractivity contribution in [2.45, 2.75) is 26.4 Å². The highest BCUT2D eigenvalue weighted by molar-refractivity contribution is 5.78. The number of rotatable bonds is 1. The van der Waals surface area contributed by atoms with E-state index in [1.54, 1.807) is 4.90 Å². The van der Waals surface area contributed by atoms with Crippen LogP contribution in [0, 0.1) is 0 Å². The lowest BCUT2D eigenvalue weighted by molar-refractivity contribution is 0.0306. The van der Waals surface area contributed by atoms with E-state index in [1.165, 1.54) is 12.5 Å². The summed E-state index contributed by atoms with van der Waals surface area (Å²) in [6.07, 6.45) is 4.29. The smallest absolute Gasteiger partial charge is 0.410 e. The van der Waals surface area contributed by atoms with Gasteiger partial charge in [-0.2, -0.15) is 0 Å². The van der Waals surface area contributed by atoms with Crippen molar-refractivity contribution >= 4 is 22.7 Å². The van der Waals surface area contributed by atoms with Gasteiger partial charge >= 0.3 is 6.09 Å². The van der Waals surface area contributed by atoms with Crippen LogP contribution in [0.15, 0.2) is 23.4 Å². The highest BCUT2D eigenvalue weighted by Gasteiger charge is 2.26. The summed E-state index contributed by atoms with van der Waals surface area (Å²) in [6, 6.07) is 0. The van der Waals surface area contributed by atoms with Gasteiger partial charge in [-0.3, -0.25) is 4.79 Å². The fourth-order valence-corrected chi connectivity index (χ4v) is 2.20. The molecule has 0 aromatic carbocycles. The normalized spacial score (nSPS) is 14.9. The molecule has 120 valence electrons. The maximum absolute atomic E-state index is 12.1. The SMILES string of the molecule is CC(C)(C)OC(=O)N1CC=C(c2ncc3nc[nH]c(=O)c3n2)C1. The van der Waals surface area contributed by atoms with E-state index in [2.05, 4.69) is 19.9 Å². The summed E-state index contributed by atoms with van der Waals surface area (Å²) in [5.41, 5.74) is 0.578. The Balaban J connectivity index is 1.80. The number of nitrogens with one attached hydrogen (secondary N) is 1. The molecular formula is C15H17N5O3. The van der Waals surface area contributed by atoms with Crippen molar-refractivity contribution in [3.63, 3.8) is 0 Å². The van der Waals surface area contributed by atoms with Gasteiger partial charge in [0.25, 0.3) is 5.56 Å². The molecule has 0 spiro atoms. The van der Waals surface area contributed by atoms with Crippen LogP contribution in [0.5, 0.6) is 0 Å². The van der Waals surface area contributed by atoms with E-state index in [-0.39, 0.29) is 17.2 Å². The van der Waals surface area contributed by atoms with Gasteiger partial charge in [-0.1, -0.05) is 6.08 Å². The van der Waals surface area contributed by atoms with Gasteiger partial charge in [-0.15, -0.1) is 0 Å². The van der Waals surface area contributed by atoms with E-state index in [1.807, 2.05) is 26.8 Å². The lowest BCUT2D eigenvalue weighted by atomic mass is 10.2. The second-order valence-corrected chi connectivity index (χ2v) is 6.25. The third-order valence-corrected chi connectivity index (χ3v) is 3.24. The summed E-state index contributed by atoms with van der Waals surface area (Å²) in [6.45, 7) is 6.23. The van der Waals surface area contributed by atoms with Crippen LogP contribution < -0.4 is 5.56 Å². The first-order valence-corrected chi connectivity index (χ1v) is 7.21. The zero-order valence-corrected chi connectivity index (χ0v) is 13.2. The zero-order chi connectivity index (χ0) is 16.6. The Kier molecular flexibility index (Phi) is 3.59. The van der Waals surface area contributed by atoms with E-state index in [0.717, 1.165) is 5.57 Å². The molecule has 0 fully saturated rings. The zero-order valence-electron chi connectivity index (χ0n) is 13.2. The van der Waals surface area contributed by atoms with Crippen molar-refractivity contribution < 1.29 is 9.53 Å². The minimum atomic E-state index is -0.543. The molecular weight excluding hydrogens is 298 g/mol. The molecule has 2 aromatic rings. The molecule has 0 saturated carbocycles. The Bertz CT molecular complexity index is 850. The predicted molar refractivity (Wildman–Crippen MR) is 83.7 cm³/mol. The van der Waals surface area contributed by atoms with Crippen LogP contribution in [0.1, 0.15) is 26.6 Å². The van der Waals surface area contributed by atoms with Gasteiger partial charge in [0.15, 0.2) is 11.3 Å². The van der Waals surface area contributed by atoms with Crippen LogP contribution in [0.25, 0.3) is 16.6 Å². The Labute approximate surface area is 132 Å². The molecule has 3 rings (SSSR count). The first-order chi connectivity index (χ1) is 10.8. The van der Waals surface area contributed by atoms with Gasteiger partial charge in [0, 0.05) is 12.1 Å². The van der Waals surface area contributed by atoms with Crippen molar-refractivity contribution in [3.8, 4) is 0 Å². The number of aromatic nitrogens is 4. The van der Waals surface area contributed by atoms with Crippen molar-refractivity contribution in [1.82, 2.24) is 24.8 Å². The number of nitrogens with zero attached hydrogens (tertiary/aromatic N) is 4. The summed E-state index contributed by atoms with van der Waals surface area (Å²) in [5, 5.41) is 0. The Morgan fingerprint density at radius 2 is 2.13 bits per heavy atom. The molecule has 0 aliphatic carbocycles. The van der Waals surface area contributed by atoms with Crippen LogP contribution in [-0.4, -0.2) is 49.6 Å². The predicted octanol–water partition coefficient (Wildman–Crippen LogP) is 1.35. The summed E-state index contributed by atoms with van der Waals surface area (Å²) in [5.74, 6) is 0.419. The number of carbonyl (C=O) groups excluding carboxylic acids is 1. The maximum Gasteiger partial charge on any atom is 0.410 e. The number of hydrogen-bond acceptors (Lipinski definition) is 6. The van der Waals surface area contributed by atoms with E-state index < -0.39 is 5.60 Å². The molecule has 8 nitrogen and oxygen atoms in total. The molecule has 1 aliphatic heterocycles. The summed E-state index contributed by atoms with van der Waals surface area (Å²) < 4.78 is 5.34. The molecule has 8 heteroatoms. The van der Waals surface area contributed by atoms with Gasteiger partial charge in [0.2, 0.25) is 0 Å². The molecule has 1 amide bonds. The molecule has 2 aromatic heterocycles. The molecule has 1 aliphatic rings. The first-order valence-electron chi connectivity index (χ1n) is 7.21. The number of carbonyl (C=O) groups is 1. The molecule has 3 heterocycles. The quantitative estimate of drug-likeness (QED) is 0.852. The largest absolute Gasteiger partial charge is 0.444 e. The Morgan fingerprint density at radius 3 is 2.87 bits per heavy atom. The van der Waals surface area contributed by atoms with Gasteiger partial charge in [-0.05, 0) is 20.8 Å². The van der Waals surface area contributed by atoms with E-state index in [0.29, 0.717) is 24.4 Å². The minimum absolute atomic E-state index is 0.231. The lowest BCUT2D eigenvalue weighted by Gasteiger charge is -2.24. The third kappa shape index (κ3) is 3.20. The van der Waals surface area contributed by atoms with Crippen LogP contribution in [-0.2, 0) is 4.74 Å². The number of hydrogen-bond donors (Lipinski definition) is 1. The molecule has 0 unspecified atom stereocenters. The molecule has 1 N–H and O–H groups in total. The third-order valence-electron chi connectivity index (χ3n) is 3.24. The number of amides is 1. The summed E-state index contributed by atoms with van der Waals surface area (Å²) >= 11 is 0. The number of fused-ring (bicyclic) bond motifs is 1. The van der Waals surface area contributed by atoms with E-state index in [9.17, 15) is 9.59 Å². The van der Waals surface area contributed by atoms with Gasteiger partial charge in [0.1, 0.15) is 11.1 Å². The summed E-state index contributed by atoms with van der Waals surface area (Å²) in [4.78, 5) is 40.4. The Hall–Kier alpha value is -2.77. The van der Waals surface area contributed by atoms with E-state index >= 15 is 0 Å². The lowest BCUT2D eigenvalue weighted by Crippen LogP contribution is -2.35. The Morgan fingerprint density at radius 1 is 1.35 bits per heavy atom. The van der Waals surface area contributed by atoms with Crippen molar-refractivity contribution in [2.24, 2.45) is 0 Å². The first kappa shape index (κ1) is 15.1. The molecule has 0 atom stereocenters. The fourth-order valence-electron chi connectivity index (χ4n) is 2.20. The topological polar surface area (TPSA) is 101 Å². The van der Waals surface area contributed by atoms with Crippen LogP contribution in [0.3, 0.4) is 0 Å². The minimum Gasteiger partial charge on any atom is -0.444 e. The number of H-pyrrole nitrogens is 1. The van der Waals surface area contributed by atoms with Crippen molar-refractivity contribution in [3.05, 3.63) is 34.8 Å². The molecule has 0 radical (unpaired) electrons. The van der Waals surface area contributed by atoms with E-state index in [4.69, 9.17) is 4.74 Å². The molecule has 23 heavy (non-hydrogen) atoms. The van der Waals surface area contributed by atoms with Gasteiger partial charge in [-0.25, -0.2) is 19.7 Å². The molecule has 0 saturated heterocycles. The average Bonchev–Trinajstić information content (AvgIpc) is 2.95. The highest BCUT2D eigenvalue weighted by Crippen LogP contribution is 2.20. The van der Waals surface area contributed by atoms with Crippen LogP contribution in [0.2, 0.25) is 0 Å². The second kappa shape index (κ2) is 5.45. The van der Waals surface area contributed by atoms with Gasteiger partial charge < -0.3 is 14.6 Å². The number of aromatic amines is 1. The summed E-state index contributed by atoms with van der Waals surface area (Å²) in [7, 11) is 0. The van der Waals surface area contributed by atoms with Crippen molar-refractivity contribution in [2.75, 3.05) is 13.1 Å². The highest BCUT2D eigenvalue weighted by atomic mass is 16.6. The molecule has 0 bridgehead atoms. The van der Waals surface area contributed by atoms with Crippen LogP contribution in [0.4, 0.5) is 4.79 Å². The standard InChI is InChI=1S/C15H17N5O3/c1-15(2,3)23-14(22)20-5-4-9(7-20)12-16-6-10-11(19-12)13(21)18-8-17-10/h4,6,8H,5,7H2,1-3H3,(H,17,18,21). The number of ether oxygens (including phenoxy) is 1. The average molecular weight is 315 g/mol. The van der Waals surface area contributed by atoms with Gasteiger partial charge in [0.05, 0.1) is 19.1 Å². The monoisotopic (exact) mass is 315 g/mol.